The molecule has 1 N–H and O–H groups in total. The van der Waals surface area contributed by atoms with Gasteiger partial charge in [0.1, 0.15) is 0 Å². The van der Waals surface area contributed by atoms with Gasteiger partial charge in [-0.3, -0.25) is 0 Å². The molecular weight excluding hydrogens is 345 g/mol. The number of nitrogens with one attached hydrogen (secondary N) is 1. The van der Waals surface area contributed by atoms with Gasteiger partial charge in [-0.1, -0.05) is 6.07 Å². The predicted molar refractivity (Wildman–Crippen MR) is 98.6 cm³/mol. The Kier molecular flexibility index (Phi) is 4.91. The third-order valence-electron chi connectivity index (χ3n) is 4.56. The quantitative estimate of drug-likeness (QED) is 0.720. The highest BCUT2D eigenvalue weighted by Crippen LogP contribution is 2.38. The molecule has 0 unspecified atom stereocenters. The van der Waals surface area contributed by atoms with E-state index in [4.69, 9.17) is 0 Å². The number of alkyl halides is 3. The van der Waals surface area contributed by atoms with E-state index in [0.29, 0.717) is 0 Å². The summed E-state index contributed by atoms with van der Waals surface area (Å²) in [7, 11) is 1.92. The Hall–Kier alpha value is -1.82. The molecule has 25 heavy (non-hydrogen) atoms. The van der Waals surface area contributed by atoms with E-state index < -0.39 is 5.51 Å². The van der Waals surface area contributed by atoms with Crippen LogP contribution in [0.2, 0.25) is 0 Å². The summed E-state index contributed by atoms with van der Waals surface area (Å²) in [5.41, 5.74) is 2.58. The van der Waals surface area contributed by atoms with E-state index in [0.717, 1.165) is 42.0 Å². The highest BCUT2D eigenvalue weighted by Gasteiger charge is 2.29. The molecule has 0 saturated carbocycles. The average Bonchev–Trinajstić information content (AvgIpc) is 2.52. The number of halogens is 3. The minimum absolute atomic E-state index is 0.0418. The van der Waals surface area contributed by atoms with Gasteiger partial charge < -0.3 is 10.2 Å². The SMILES string of the molecule is CNc1c(C)cc(N2CCc3cc(SC(F)(F)F)ccc3C2)cc1C. The van der Waals surface area contributed by atoms with Crippen molar-refractivity contribution < 1.29 is 13.2 Å². The van der Waals surface area contributed by atoms with Crippen LogP contribution in [-0.2, 0) is 13.0 Å². The Morgan fingerprint density at radius 2 is 1.72 bits per heavy atom. The van der Waals surface area contributed by atoms with Gasteiger partial charge in [-0.25, -0.2) is 0 Å². The van der Waals surface area contributed by atoms with Gasteiger partial charge in [0.15, 0.2) is 0 Å². The van der Waals surface area contributed by atoms with Gasteiger partial charge in [0.05, 0.1) is 0 Å². The Morgan fingerprint density at radius 1 is 1.04 bits per heavy atom. The molecule has 134 valence electrons. The minimum Gasteiger partial charge on any atom is -0.388 e. The van der Waals surface area contributed by atoms with Crippen molar-refractivity contribution in [1.82, 2.24) is 0 Å². The third kappa shape index (κ3) is 4.06. The minimum atomic E-state index is -4.24. The monoisotopic (exact) mass is 366 g/mol. The van der Waals surface area contributed by atoms with Gasteiger partial charge in [0.2, 0.25) is 0 Å². The fraction of sp³-hybridized carbons (Fsp3) is 0.368. The first-order chi connectivity index (χ1) is 11.8. The summed E-state index contributed by atoms with van der Waals surface area (Å²) < 4.78 is 37.6. The third-order valence-corrected chi connectivity index (χ3v) is 5.28. The van der Waals surface area contributed by atoms with E-state index in [2.05, 4.69) is 36.2 Å². The van der Waals surface area contributed by atoms with Crippen molar-refractivity contribution >= 4 is 23.1 Å². The standard InChI is InChI=1S/C19H21F3N2S/c1-12-8-16(9-13(2)18(12)23-3)24-7-6-14-10-17(25-19(20,21)22)5-4-15(14)11-24/h4-5,8-10,23H,6-7,11H2,1-3H3. The van der Waals surface area contributed by atoms with Crippen molar-refractivity contribution in [2.45, 2.75) is 37.2 Å². The van der Waals surface area contributed by atoms with Crippen LogP contribution in [0.15, 0.2) is 35.2 Å². The van der Waals surface area contributed by atoms with Crippen molar-refractivity contribution in [3.63, 3.8) is 0 Å². The number of anilines is 2. The topological polar surface area (TPSA) is 15.3 Å². The van der Waals surface area contributed by atoms with E-state index in [1.165, 1.54) is 11.1 Å². The average molecular weight is 366 g/mol. The fourth-order valence-electron chi connectivity index (χ4n) is 3.46. The molecule has 1 heterocycles. The molecule has 2 aromatic rings. The molecule has 0 saturated heterocycles. The first-order valence-corrected chi connectivity index (χ1v) is 9.00. The maximum Gasteiger partial charge on any atom is 0.446 e. The van der Waals surface area contributed by atoms with E-state index in [9.17, 15) is 13.2 Å². The highest BCUT2D eigenvalue weighted by atomic mass is 32.2. The Bertz CT molecular complexity index is 764. The van der Waals surface area contributed by atoms with Crippen LogP contribution in [-0.4, -0.2) is 19.1 Å². The summed E-state index contributed by atoms with van der Waals surface area (Å²) in [6, 6.07) is 9.42. The fourth-order valence-corrected chi connectivity index (χ4v) is 4.07. The molecule has 0 atom stereocenters. The summed E-state index contributed by atoms with van der Waals surface area (Å²) in [5.74, 6) is 0. The van der Waals surface area contributed by atoms with Crippen molar-refractivity contribution in [2.24, 2.45) is 0 Å². The zero-order valence-electron chi connectivity index (χ0n) is 14.5. The Morgan fingerprint density at radius 3 is 2.32 bits per heavy atom. The smallest absolute Gasteiger partial charge is 0.388 e. The molecule has 0 fully saturated rings. The summed E-state index contributed by atoms with van der Waals surface area (Å²) in [6.45, 7) is 5.71. The zero-order chi connectivity index (χ0) is 18.2. The molecule has 0 aliphatic carbocycles. The van der Waals surface area contributed by atoms with E-state index in [1.54, 1.807) is 12.1 Å². The number of nitrogens with zero attached hydrogens (tertiary/aromatic N) is 1. The molecule has 0 spiro atoms. The molecule has 3 rings (SSSR count). The number of hydrogen-bond acceptors (Lipinski definition) is 3. The number of fused-ring (bicyclic) bond motifs is 1. The zero-order valence-corrected chi connectivity index (χ0v) is 15.3. The lowest BCUT2D eigenvalue weighted by Gasteiger charge is -2.32. The van der Waals surface area contributed by atoms with Crippen LogP contribution in [0.25, 0.3) is 0 Å². The Balaban J connectivity index is 1.82. The maximum absolute atomic E-state index is 12.5. The number of rotatable bonds is 3. The largest absolute Gasteiger partial charge is 0.446 e. The lowest BCUT2D eigenvalue weighted by Crippen LogP contribution is -2.30. The summed E-state index contributed by atoms with van der Waals surface area (Å²) >= 11 is -0.0418. The number of aryl methyl sites for hydroxylation is 2. The molecule has 0 radical (unpaired) electrons. The van der Waals surface area contributed by atoms with Gasteiger partial charge in [0, 0.05) is 36.4 Å². The molecule has 2 aromatic carbocycles. The lowest BCUT2D eigenvalue weighted by atomic mass is 9.98. The van der Waals surface area contributed by atoms with Crippen LogP contribution < -0.4 is 10.2 Å². The maximum atomic E-state index is 12.5. The van der Waals surface area contributed by atoms with Crippen LogP contribution in [0.1, 0.15) is 22.3 Å². The first kappa shape index (κ1) is 18.0. The van der Waals surface area contributed by atoms with Crippen molar-refractivity contribution in [2.75, 3.05) is 23.8 Å². The van der Waals surface area contributed by atoms with Crippen LogP contribution in [0, 0.1) is 13.8 Å². The van der Waals surface area contributed by atoms with E-state index in [-0.39, 0.29) is 16.7 Å². The molecule has 1 aliphatic rings. The van der Waals surface area contributed by atoms with E-state index >= 15 is 0 Å². The van der Waals surface area contributed by atoms with Crippen LogP contribution in [0.5, 0.6) is 0 Å². The summed E-state index contributed by atoms with van der Waals surface area (Å²) in [4.78, 5) is 2.56. The van der Waals surface area contributed by atoms with Crippen molar-refractivity contribution in [3.05, 3.63) is 52.6 Å². The van der Waals surface area contributed by atoms with E-state index in [1.807, 2.05) is 13.1 Å². The highest BCUT2D eigenvalue weighted by molar-refractivity contribution is 8.00. The van der Waals surface area contributed by atoms with Gasteiger partial charge in [-0.15, -0.1) is 0 Å². The van der Waals surface area contributed by atoms with Gasteiger partial charge >= 0.3 is 5.51 Å². The first-order valence-electron chi connectivity index (χ1n) is 8.18. The van der Waals surface area contributed by atoms with Crippen LogP contribution >= 0.6 is 11.8 Å². The van der Waals surface area contributed by atoms with Crippen molar-refractivity contribution in [1.29, 1.82) is 0 Å². The molecule has 1 aliphatic heterocycles. The van der Waals surface area contributed by atoms with Crippen LogP contribution in [0.3, 0.4) is 0 Å². The van der Waals surface area contributed by atoms with Crippen LogP contribution in [0.4, 0.5) is 24.5 Å². The lowest BCUT2D eigenvalue weighted by molar-refractivity contribution is -0.0328. The normalized spacial score (nSPS) is 14.4. The second kappa shape index (κ2) is 6.83. The predicted octanol–water partition coefficient (Wildman–Crippen LogP) is 5.52. The second-order valence-corrected chi connectivity index (χ2v) is 7.49. The number of thioether (sulfide) groups is 1. The summed E-state index contributed by atoms with van der Waals surface area (Å²) in [5, 5.41) is 3.22. The number of benzene rings is 2. The molecular formula is C19H21F3N2S. The second-order valence-electron chi connectivity index (χ2n) is 6.35. The summed E-state index contributed by atoms with van der Waals surface area (Å²) in [6.07, 6.45) is 0.757. The molecule has 0 amide bonds. The Labute approximate surface area is 150 Å². The molecule has 0 bridgehead atoms. The molecule has 2 nitrogen and oxygen atoms in total. The van der Waals surface area contributed by atoms with Crippen molar-refractivity contribution in [3.8, 4) is 0 Å². The van der Waals surface area contributed by atoms with Gasteiger partial charge in [0.25, 0.3) is 0 Å². The molecule has 6 heteroatoms. The van der Waals surface area contributed by atoms with Gasteiger partial charge in [-0.2, -0.15) is 13.2 Å². The molecule has 0 aromatic heterocycles. The van der Waals surface area contributed by atoms with Gasteiger partial charge in [-0.05, 0) is 78.5 Å². The number of hydrogen-bond donors (Lipinski definition) is 1.